The largest absolute Gasteiger partial charge is 0.346 e. The second-order valence-electron chi connectivity index (χ2n) is 4.82. The number of nitrogens with zero attached hydrogens (tertiary/aromatic N) is 2. The van der Waals surface area contributed by atoms with Gasteiger partial charge in [-0.25, -0.2) is 5.43 Å². The van der Waals surface area contributed by atoms with Crippen LogP contribution in [-0.2, 0) is 0 Å². The van der Waals surface area contributed by atoms with E-state index in [2.05, 4.69) is 53.6 Å². The van der Waals surface area contributed by atoms with E-state index in [1.54, 1.807) is 13.3 Å². The lowest BCUT2D eigenvalue weighted by atomic mass is 10.1. The molecule has 0 radical (unpaired) electrons. The van der Waals surface area contributed by atoms with Crippen LogP contribution in [0.15, 0.2) is 42.2 Å². The SMILES string of the molecule is C=CCC(CCC)n1ccc(/N=C\C(=C)NNC)c1C. The Morgan fingerprint density at radius 2 is 2.30 bits per heavy atom. The molecule has 0 bridgehead atoms. The first-order valence-corrected chi connectivity index (χ1v) is 7.08. The molecule has 110 valence electrons. The normalized spacial score (nSPS) is 12.6. The van der Waals surface area contributed by atoms with Gasteiger partial charge in [-0.1, -0.05) is 26.0 Å². The standard InChI is InChI=1S/C16H26N4/c1-6-8-15(9-7-2)20-11-10-16(14(20)4)18-12-13(3)19-17-5/h6,10-12,15,17,19H,1,3,7-9H2,2,4-5H3/b18-12-. The molecule has 2 N–H and O–H groups in total. The second kappa shape index (κ2) is 8.38. The van der Waals surface area contributed by atoms with Gasteiger partial charge in [-0.05, 0) is 25.8 Å². The monoisotopic (exact) mass is 274 g/mol. The first-order chi connectivity index (χ1) is 9.63. The van der Waals surface area contributed by atoms with Crippen LogP contribution in [0.25, 0.3) is 0 Å². The quantitative estimate of drug-likeness (QED) is 0.410. The lowest BCUT2D eigenvalue weighted by molar-refractivity contribution is 0.460. The highest BCUT2D eigenvalue weighted by molar-refractivity contribution is 5.79. The third-order valence-corrected chi connectivity index (χ3v) is 3.25. The van der Waals surface area contributed by atoms with Gasteiger partial charge in [0.15, 0.2) is 0 Å². The molecule has 0 fully saturated rings. The Kier molecular flexibility index (Phi) is 6.81. The molecular weight excluding hydrogens is 248 g/mol. The van der Waals surface area contributed by atoms with Gasteiger partial charge in [0.2, 0.25) is 0 Å². The summed E-state index contributed by atoms with van der Waals surface area (Å²) in [6.45, 7) is 12.0. The van der Waals surface area contributed by atoms with Crippen molar-refractivity contribution in [2.24, 2.45) is 4.99 Å². The molecule has 20 heavy (non-hydrogen) atoms. The van der Waals surface area contributed by atoms with Gasteiger partial charge in [0.1, 0.15) is 0 Å². The van der Waals surface area contributed by atoms with Crippen molar-refractivity contribution in [1.82, 2.24) is 15.4 Å². The van der Waals surface area contributed by atoms with Crippen LogP contribution in [0.2, 0.25) is 0 Å². The summed E-state index contributed by atoms with van der Waals surface area (Å²) in [6.07, 6.45) is 9.13. The van der Waals surface area contributed by atoms with Gasteiger partial charge in [-0.15, -0.1) is 6.58 Å². The Hall–Kier alpha value is -1.81. The minimum Gasteiger partial charge on any atom is -0.346 e. The van der Waals surface area contributed by atoms with Gasteiger partial charge in [-0.3, -0.25) is 4.99 Å². The van der Waals surface area contributed by atoms with Crippen LogP contribution in [-0.4, -0.2) is 17.8 Å². The number of hydrogen-bond donors (Lipinski definition) is 2. The maximum Gasteiger partial charge on any atom is 0.0836 e. The molecule has 1 aromatic heterocycles. The highest BCUT2D eigenvalue weighted by Gasteiger charge is 2.12. The first-order valence-electron chi connectivity index (χ1n) is 7.08. The van der Waals surface area contributed by atoms with E-state index in [1.165, 1.54) is 5.69 Å². The number of nitrogens with one attached hydrogen (secondary N) is 2. The van der Waals surface area contributed by atoms with Gasteiger partial charge < -0.3 is 9.99 Å². The van der Waals surface area contributed by atoms with Gasteiger partial charge >= 0.3 is 0 Å². The van der Waals surface area contributed by atoms with Crippen LogP contribution in [0.4, 0.5) is 5.69 Å². The van der Waals surface area contributed by atoms with E-state index in [9.17, 15) is 0 Å². The number of hydrogen-bond acceptors (Lipinski definition) is 3. The Morgan fingerprint density at radius 3 is 2.90 bits per heavy atom. The highest BCUT2D eigenvalue weighted by Crippen LogP contribution is 2.27. The van der Waals surface area contributed by atoms with E-state index in [4.69, 9.17) is 0 Å². The predicted octanol–water partition coefficient (Wildman–Crippen LogP) is 3.65. The van der Waals surface area contributed by atoms with E-state index < -0.39 is 0 Å². The fourth-order valence-corrected chi connectivity index (χ4v) is 2.28. The zero-order chi connectivity index (χ0) is 15.0. The average Bonchev–Trinajstić information content (AvgIpc) is 2.78. The molecule has 1 unspecified atom stereocenters. The Morgan fingerprint density at radius 1 is 1.55 bits per heavy atom. The predicted molar refractivity (Wildman–Crippen MR) is 87.4 cm³/mol. The van der Waals surface area contributed by atoms with Crippen molar-refractivity contribution in [1.29, 1.82) is 0 Å². The minimum atomic E-state index is 0.472. The Bertz CT molecular complexity index is 471. The lowest BCUT2D eigenvalue weighted by Gasteiger charge is -2.18. The number of hydrazine groups is 1. The summed E-state index contributed by atoms with van der Waals surface area (Å²) in [6, 6.07) is 2.52. The first kappa shape index (κ1) is 16.2. The second-order valence-corrected chi connectivity index (χ2v) is 4.82. The van der Waals surface area contributed by atoms with Crippen LogP contribution in [0, 0.1) is 6.92 Å². The molecule has 1 aromatic rings. The van der Waals surface area contributed by atoms with Gasteiger partial charge in [0.25, 0.3) is 0 Å². The summed E-state index contributed by atoms with van der Waals surface area (Å²) in [4.78, 5) is 4.47. The molecule has 4 heteroatoms. The summed E-state index contributed by atoms with van der Waals surface area (Å²) in [5.41, 5.74) is 8.60. The molecule has 0 aliphatic heterocycles. The van der Waals surface area contributed by atoms with Crippen molar-refractivity contribution in [2.75, 3.05) is 7.05 Å². The third kappa shape index (κ3) is 4.38. The molecule has 4 nitrogen and oxygen atoms in total. The lowest BCUT2D eigenvalue weighted by Crippen LogP contribution is -2.26. The maximum absolute atomic E-state index is 4.47. The van der Waals surface area contributed by atoms with E-state index in [0.29, 0.717) is 6.04 Å². The topological polar surface area (TPSA) is 41.4 Å². The minimum absolute atomic E-state index is 0.472. The summed E-state index contributed by atoms with van der Waals surface area (Å²) < 4.78 is 2.30. The van der Waals surface area contributed by atoms with Crippen molar-refractivity contribution >= 4 is 11.9 Å². The summed E-state index contributed by atoms with van der Waals surface area (Å²) in [5.74, 6) is 0. The van der Waals surface area contributed by atoms with Crippen molar-refractivity contribution in [3.8, 4) is 0 Å². The molecule has 1 atom stereocenters. The Balaban J connectivity index is 2.87. The van der Waals surface area contributed by atoms with Crippen molar-refractivity contribution in [2.45, 2.75) is 39.2 Å². The third-order valence-electron chi connectivity index (χ3n) is 3.25. The van der Waals surface area contributed by atoms with Gasteiger partial charge in [0, 0.05) is 25.0 Å². The zero-order valence-corrected chi connectivity index (χ0v) is 12.8. The molecule has 0 aliphatic rings. The number of aliphatic imine (C=N–C) groups is 1. The van der Waals surface area contributed by atoms with Crippen LogP contribution >= 0.6 is 0 Å². The summed E-state index contributed by atoms with van der Waals surface area (Å²) in [7, 11) is 1.80. The van der Waals surface area contributed by atoms with Crippen LogP contribution in [0.3, 0.4) is 0 Å². The molecule has 1 rings (SSSR count). The fraction of sp³-hybridized carbons (Fsp3) is 0.438. The van der Waals surface area contributed by atoms with Crippen molar-refractivity contribution < 1.29 is 0 Å². The fourth-order valence-electron chi connectivity index (χ4n) is 2.28. The Labute approximate surface area is 122 Å². The van der Waals surface area contributed by atoms with Crippen molar-refractivity contribution in [3.05, 3.63) is 42.9 Å². The molecule has 1 heterocycles. The van der Waals surface area contributed by atoms with Crippen LogP contribution < -0.4 is 10.9 Å². The van der Waals surface area contributed by atoms with Crippen LogP contribution in [0.5, 0.6) is 0 Å². The molecule has 0 spiro atoms. The highest BCUT2D eigenvalue weighted by atomic mass is 15.3. The van der Waals surface area contributed by atoms with E-state index in [1.807, 2.05) is 12.1 Å². The van der Waals surface area contributed by atoms with Gasteiger partial charge in [-0.2, -0.15) is 0 Å². The molecule has 0 aliphatic carbocycles. The summed E-state index contributed by atoms with van der Waals surface area (Å²) >= 11 is 0. The molecule has 0 saturated carbocycles. The summed E-state index contributed by atoms with van der Waals surface area (Å²) in [5, 5.41) is 0. The van der Waals surface area contributed by atoms with Gasteiger partial charge in [0.05, 0.1) is 17.6 Å². The number of allylic oxidation sites excluding steroid dienone is 2. The number of rotatable bonds is 9. The smallest absolute Gasteiger partial charge is 0.0836 e. The molecule has 0 aromatic carbocycles. The molecule has 0 saturated heterocycles. The van der Waals surface area contributed by atoms with E-state index in [0.717, 1.165) is 30.6 Å². The molecule has 0 amide bonds. The van der Waals surface area contributed by atoms with E-state index >= 15 is 0 Å². The molecular formula is C16H26N4. The number of aromatic nitrogens is 1. The maximum atomic E-state index is 4.47. The average molecular weight is 274 g/mol. The zero-order valence-electron chi connectivity index (χ0n) is 12.8. The van der Waals surface area contributed by atoms with Crippen molar-refractivity contribution in [3.63, 3.8) is 0 Å². The van der Waals surface area contributed by atoms with Crippen LogP contribution in [0.1, 0.15) is 37.9 Å². The van der Waals surface area contributed by atoms with E-state index in [-0.39, 0.29) is 0 Å².